The molecular weight excluding hydrogens is 442 g/mol. The predicted molar refractivity (Wildman–Crippen MR) is 111 cm³/mol. The van der Waals surface area contributed by atoms with Gasteiger partial charge in [0.1, 0.15) is 5.88 Å². The molecule has 1 aromatic carbocycles. The van der Waals surface area contributed by atoms with Gasteiger partial charge in [0.2, 0.25) is 5.91 Å². The molecular formula is C20H20Cl2F3N3O2. The van der Waals surface area contributed by atoms with E-state index in [1.807, 2.05) is 6.92 Å². The summed E-state index contributed by atoms with van der Waals surface area (Å²) in [6.07, 6.45) is -1.06. The van der Waals surface area contributed by atoms with Gasteiger partial charge in [0.05, 0.1) is 11.3 Å². The molecule has 0 radical (unpaired) electrons. The van der Waals surface area contributed by atoms with Crippen molar-refractivity contribution in [1.29, 1.82) is 0 Å². The molecule has 1 N–H and O–H groups in total. The van der Waals surface area contributed by atoms with Gasteiger partial charge in [-0.2, -0.15) is 13.2 Å². The molecule has 0 saturated heterocycles. The molecule has 1 heterocycles. The van der Waals surface area contributed by atoms with Gasteiger partial charge in [-0.25, -0.2) is 4.98 Å². The lowest BCUT2D eigenvalue weighted by atomic mass is 10.1. The smallest absolute Gasteiger partial charge is 0.319 e. The molecule has 0 aliphatic carbocycles. The summed E-state index contributed by atoms with van der Waals surface area (Å²) in [4.78, 5) is 29.9. The SMILES string of the molecule is CCCCCN(C(=O)CCl)c1cc(C(=O)Nc2cccnc2Cl)cc(C(F)(F)F)c1. The van der Waals surface area contributed by atoms with E-state index in [0.29, 0.717) is 6.42 Å². The molecule has 0 spiro atoms. The summed E-state index contributed by atoms with van der Waals surface area (Å²) in [5.41, 5.74) is -1.22. The lowest BCUT2D eigenvalue weighted by molar-refractivity contribution is -0.137. The van der Waals surface area contributed by atoms with Crippen molar-refractivity contribution in [2.45, 2.75) is 32.4 Å². The minimum absolute atomic E-state index is 0.00319. The maximum Gasteiger partial charge on any atom is 0.416 e. The summed E-state index contributed by atoms with van der Waals surface area (Å²) in [6.45, 7) is 2.15. The number of amides is 2. The first-order chi connectivity index (χ1) is 14.2. The minimum atomic E-state index is -4.71. The highest BCUT2D eigenvalue weighted by Gasteiger charge is 2.33. The second-order valence-electron chi connectivity index (χ2n) is 6.45. The van der Waals surface area contributed by atoms with Gasteiger partial charge in [-0.15, -0.1) is 11.6 Å². The van der Waals surface area contributed by atoms with E-state index < -0.39 is 29.4 Å². The Morgan fingerprint density at radius 1 is 1.20 bits per heavy atom. The Hall–Kier alpha value is -2.32. The molecule has 0 aliphatic heterocycles. The van der Waals surface area contributed by atoms with Crippen LogP contribution < -0.4 is 10.2 Å². The monoisotopic (exact) mass is 461 g/mol. The number of hydrogen-bond acceptors (Lipinski definition) is 3. The van der Waals surface area contributed by atoms with E-state index in [1.54, 1.807) is 0 Å². The number of aromatic nitrogens is 1. The van der Waals surface area contributed by atoms with Crippen molar-refractivity contribution in [3.05, 3.63) is 52.8 Å². The number of carbonyl (C=O) groups is 2. The maximum absolute atomic E-state index is 13.5. The first-order valence-electron chi connectivity index (χ1n) is 9.17. The Bertz CT molecular complexity index is 907. The highest BCUT2D eigenvalue weighted by molar-refractivity contribution is 6.32. The van der Waals surface area contributed by atoms with E-state index in [9.17, 15) is 22.8 Å². The van der Waals surface area contributed by atoms with E-state index in [4.69, 9.17) is 23.2 Å². The summed E-state index contributed by atoms with van der Waals surface area (Å²) >= 11 is 11.6. The molecule has 0 bridgehead atoms. The molecule has 2 aromatic rings. The van der Waals surface area contributed by atoms with E-state index in [-0.39, 0.29) is 28.6 Å². The van der Waals surface area contributed by atoms with Gasteiger partial charge >= 0.3 is 6.18 Å². The maximum atomic E-state index is 13.5. The number of nitrogens with zero attached hydrogens (tertiary/aromatic N) is 2. The zero-order valence-corrected chi connectivity index (χ0v) is 17.6. The van der Waals surface area contributed by atoms with Crippen LogP contribution in [0.15, 0.2) is 36.5 Å². The Morgan fingerprint density at radius 2 is 1.93 bits per heavy atom. The topological polar surface area (TPSA) is 62.3 Å². The molecule has 0 atom stereocenters. The molecule has 2 amide bonds. The van der Waals surface area contributed by atoms with Crippen LogP contribution >= 0.6 is 23.2 Å². The molecule has 0 saturated carbocycles. The fourth-order valence-corrected chi connectivity index (χ4v) is 3.04. The zero-order chi connectivity index (χ0) is 22.3. The van der Waals surface area contributed by atoms with Crippen LogP contribution in [-0.4, -0.2) is 29.2 Å². The Kier molecular flexibility index (Phi) is 8.49. The number of nitrogens with one attached hydrogen (secondary N) is 1. The van der Waals surface area contributed by atoms with Crippen molar-refractivity contribution in [3.8, 4) is 0 Å². The van der Waals surface area contributed by atoms with Crippen molar-refractivity contribution < 1.29 is 22.8 Å². The van der Waals surface area contributed by atoms with E-state index in [1.165, 1.54) is 29.3 Å². The molecule has 162 valence electrons. The van der Waals surface area contributed by atoms with Gasteiger partial charge in [-0.05, 0) is 36.8 Å². The molecule has 10 heteroatoms. The zero-order valence-electron chi connectivity index (χ0n) is 16.1. The normalized spacial score (nSPS) is 11.3. The van der Waals surface area contributed by atoms with E-state index in [0.717, 1.165) is 25.0 Å². The Morgan fingerprint density at radius 3 is 2.53 bits per heavy atom. The van der Waals surface area contributed by atoms with Crippen LogP contribution in [0.4, 0.5) is 24.5 Å². The number of anilines is 2. The van der Waals surface area contributed by atoms with Gasteiger partial charge in [-0.1, -0.05) is 31.4 Å². The molecule has 0 unspecified atom stereocenters. The highest BCUT2D eigenvalue weighted by Crippen LogP contribution is 2.34. The number of unbranched alkanes of at least 4 members (excludes halogenated alkanes) is 2. The summed E-state index contributed by atoms with van der Waals surface area (Å²) < 4.78 is 40.4. The fourth-order valence-electron chi connectivity index (χ4n) is 2.73. The molecule has 0 fully saturated rings. The van der Waals surface area contributed by atoms with Crippen LogP contribution in [0, 0.1) is 0 Å². The second kappa shape index (κ2) is 10.6. The van der Waals surface area contributed by atoms with Crippen molar-refractivity contribution in [3.63, 3.8) is 0 Å². The van der Waals surface area contributed by atoms with Crippen molar-refractivity contribution in [2.24, 2.45) is 0 Å². The quantitative estimate of drug-likeness (QED) is 0.308. The summed E-state index contributed by atoms with van der Waals surface area (Å²) in [7, 11) is 0. The third-order valence-corrected chi connectivity index (χ3v) is 4.76. The standard InChI is InChI=1S/C20H20Cl2F3N3O2/c1-2-3-4-8-28(17(29)12-21)15-10-13(9-14(11-15)20(23,24)25)19(30)27-16-6-5-7-26-18(16)22/h5-7,9-11H,2-4,8,12H2,1H3,(H,27,30). The first-order valence-corrected chi connectivity index (χ1v) is 10.1. The molecule has 30 heavy (non-hydrogen) atoms. The molecule has 0 aliphatic rings. The average Bonchev–Trinajstić information content (AvgIpc) is 2.71. The van der Waals surface area contributed by atoms with Gasteiger partial charge in [0, 0.05) is 24.0 Å². The second-order valence-corrected chi connectivity index (χ2v) is 7.07. The average molecular weight is 462 g/mol. The third kappa shape index (κ3) is 6.34. The van der Waals surface area contributed by atoms with Gasteiger partial charge in [-0.3, -0.25) is 9.59 Å². The Labute approximate surface area is 182 Å². The van der Waals surface area contributed by atoms with Gasteiger partial charge in [0.15, 0.2) is 5.15 Å². The number of pyridine rings is 1. The minimum Gasteiger partial charge on any atom is -0.319 e. The fraction of sp³-hybridized carbons (Fsp3) is 0.350. The number of benzene rings is 1. The van der Waals surface area contributed by atoms with E-state index >= 15 is 0 Å². The van der Waals surface area contributed by atoms with Crippen molar-refractivity contribution >= 4 is 46.4 Å². The number of rotatable bonds is 8. The molecule has 2 rings (SSSR count). The number of hydrogen-bond donors (Lipinski definition) is 1. The van der Waals surface area contributed by atoms with Crippen LogP contribution in [0.3, 0.4) is 0 Å². The van der Waals surface area contributed by atoms with Crippen molar-refractivity contribution in [2.75, 3.05) is 22.6 Å². The lowest BCUT2D eigenvalue weighted by Crippen LogP contribution is -2.33. The number of carbonyl (C=O) groups excluding carboxylic acids is 2. The van der Waals surface area contributed by atoms with Crippen LogP contribution in [0.25, 0.3) is 0 Å². The van der Waals surface area contributed by atoms with E-state index in [2.05, 4.69) is 10.3 Å². The Balaban J connectivity index is 2.46. The first kappa shape index (κ1) is 24.0. The summed E-state index contributed by atoms with van der Waals surface area (Å²) in [5, 5.41) is 2.43. The lowest BCUT2D eigenvalue weighted by Gasteiger charge is -2.24. The summed E-state index contributed by atoms with van der Waals surface area (Å²) in [6, 6.07) is 5.78. The van der Waals surface area contributed by atoms with Gasteiger partial charge in [0.25, 0.3) is 5.91 Å². The van der Waals surface area contributed by atoms with Gasteiger partial charge < -0.3 is 10.2 Å². The van der Waals surface area contributed by atoms with Crippen LogP contribution in [0.2, 0.25) is 5.15 Å². The largest absolute Gasteiger partial charge is 0.416 e. The predicted octanol–water partition coefficient (Wildman–Crippen LogP) is 5.77. The van der Waals surface area contributed by atoms with Crippen LogP contribution in [-0.2, 0) is 11.0 Å². The van der Waals surface area contributed by atoms with Crippen LogP contribution in [0.1, 0.15) is 42.1 Å². The van der Waals surface area contributed by atoms with Crippen molar-refractivity contribution in [1.82, 2.24) is 4.98 Å². The molecule has 5 nitrogen and oxygen atoms in total. The highest BCUT2D eigenvalue weighted by atomic mass is 35.5. The summed E-state index contributed by atoms with van der Waals surface area (Å²) in [5.74, 6) is -1.76. The number of halogens is 5. The molecule has 1 aromatic heterocycles. The third-order valence-electron chi connectivity index (χ3n) is 4.23. The number of alkyl halides is 4. The van der Waals surface area contributed by atoms with Crippen LogP contribution in [0.5, 0.6) is 0 Å².